The Morgan fingerprint density at radius 1 is 0.600 bits per heavy atom. The van der Waals surface area contributed by atoms with E-state index in [1.807, 2.05) is 0 Å². The van der Waals surface area contributed by atoms with Crippen LogP contribution in [0.5, 0.6) is 0 Å². The molecule has 0 aromatic rings. The maximum Gasteiger partial charge on any atom is 0.303 e. The lowest BCUT2D eigenvalue weighted by Gasteiger charge is -2.04. The third-order valence-electron chi connectivity index (χ3n) is 1.36. The Morgan fingerprint density at radius 2 is 0.880 bits per heavy atom. The quantitative estimate of drug-likeness (QED) is 0.211. The van der Waals surface area contributed by atoms with Crippen LogP contribution in [0, 0.1) is 0 Å². The summed E-state index contributed by atoms with van der Waals surface area (Å²) in [7, 11) is 0. The summed E-state index contributed by atoms with van der Waals surface area (Å²) >= 11 is 0. The first-order valence-corrected chi connectivity index (χ1v) is 5.93. The van der Waals surface area contributed by atoms with E-state index in [0.29, 0.717) is 0 Å². The number of carbonyl (C=O) groups is 1. The van der Waals surface area contributed by atoms with Gasteiger partial charge in [-0.25, -0.2) is 0 Å². The molecule has 0 saturated heterocycles. The highest BCUT2D eigenvalue weighted by Crippen LogP contribution is 2.14. The normalized spacial score (nSPS) is 50.3. The predicted octanol–water partition coefficient (Wildman–Crippen LogP) is 8.28. The van der Waals surface area contributed by atoms with Crippen molar-refractivity contribution >= 4 is 5.97 Å². The SMILES string of the molecule is [2H]C([2H])([2H])C([2H])([2H])C([2H])([2H])C([2H])([2H])C([2H])([2H])C([2H])([2H])C([2H])([2H])C([2H])([2H])C([2H])([2H])C([2H])([2H])C([2H])([2H])C([2H])([2H])C([2H])([2H])C([2H])([2H])C([2H])([2H])C([2H])([2H])C([2H])([2H])C([2H])([2H])C([2H])([2H])C([2H])([2H])C([2H])([2H])C([2H])([2H])C(=O)O. The van der Waals surface area contributed by atoms with Gasteiger partial charge in [-0.2, -0.15) is 0 Å². The summed E-state index contributed by atoms with van der Waals surface area (Å²) in [5.74, 6) is -2.87. The Bertz CT molecular complexity index is 1940. The minimum Gasteiger partial charge on any atom is -0.481 e. The molecule has 0 aliphatic carbocycles. The van der Waals surface area contributed by atoms with Gasteiger partial charge in [0, 0.05) is 68.1 Å². The number of aliphatic carboxylic acids is 1. The van der Waals surface area contributed by atoms with E-state index in [9.17, 15) is 4.79 Å². The van der Waals surface area contributed by atoms with Crippen LogP contribution in [0.25, 0.3) is 0 Å². The second-order valence-electron chi connectivity index (χ2n) is 2.93. The number of carboxylic acid groups (broad SMARTS) is 1. The van der Waals surface area contributed by atoms with E-state index in [0.717, 1.165) is 0 Å². The Kier molecular flexibility index (Phi) is 2.47. The van der Waals surface area contributed by atoms with Crippen molar-refractivity contribution in [3.05, 3.63) is 0 Å². The van der Waals surface area contributed by atoms with Gasteiger partial charge in [0.25, 0.3) is 0 Å². The molecular formula is C23H46O2. The van der Waals surface area contributed by atoms with Gasteiger partial charge in [0.1, 0.15) is 0 Å². The van der Waals surface area contributed by atoms with Crippen LogP contribution >= 0.6 is 0 Å². The molecule has 0 spiro atoms. The summed E-state index contributed by atoms with van der Waals surface area (Å²) in [6, 6.07) is 0. The monoisotopic (exact) mass is 400 g/mol. The molecule has 0 aliphatic rings. The lowest BCUT2D eigenvalue weighted by atomic mass is 10.0. The minimum absolute atomic E-state index is 2.87. The predicted molar refractivity (Wildman–Crippen MR) is 110 cm³/mol. The van der Waals surface area contributed by atoms with Crippen molar-refractivity contribution in [2.24, 2.45) is 0 Å². The summed E-state index contributed by atoms with van der Waals surface area (Å²) in [5, 5.41) is 9.15. The zero-order valence-electron chi connectivity index (χ0n) is 57.4. The molecule has 150 valence electrons. The molecule has 0 aliphatic heterocycles. The molecule has 0 bridgehead atoms. The first-order valence-electron chi connectivity index (χ1n) is 28.4. The summed E-state index contributed by atoms with van der Waals surface area (Å²) in [5.41, 5.74) is 0. The molecule has 1 N–H and O–H groups in total. The minimum atomic E-state index is -5.48. The zero-order valence-corrected chi connectivity index (χ0v) is 12.4. The molecule has 2 heteroatoms. The molecule has 0 saturated carbocycles. The molecular weight excluding hydrogens is 308 g/mol. The molecule has 0 radical (unpaired) electrons. The van der Waals surface area contributed by atoms with Crippen molar-refractivity contribution in [1.82, 2.24) is 0 Å². The second-order valence-corrected chi connectivity index (χ2v) is 2.93. The fourth-order valence-corrected chi connectivity index (χ4v) is 0.647. The Balaban J connectivity index is 8.12. The molecule has 0 rings (SSSR count). The molecule has 0 atom stereocenters. The fraction of sp³-hybridized carbons (Fsp3) is 0.957. The highest BCUT2D eigenvalue weighted by molar-refractivity contribution is 5.66. The standard InChI is InChI=1S/C23H46O2/c1-2-3-4-5-6-7-8-9-10-11-12-13-14-15-16-17-18-19-20-21-22-23(24)25/h2-22H2,1H3,(H,24,25)/i1D3,2D2,3D2,4D2,5D2,6D2,7D2,8D2,9D2,10D2,11D2,12D2,13D2,14D2,15D2,16D2,17D2,18D2,19D2,20D2,21D2,22D2. The van der Waals surface area contributed by atoms with E-state index < -0.39 is 147 Å². The van der Waals surface area contributed by atoms with Gasteiger partial charge in [0.2, 0.25) is 0 Å². The van der Waals surface area contributed by atoms with Gasteiger partial charge in [-0.05, 0) is 6.37 Å². The second kappa shape index (κ2) is 21.5. The maximum absolute atomic E-state index is 11.5. The van der Waals surface area contributed by atoms with E-state index in [2.05, 4.69) is 0 Å². The largest absolute Gasteiger partial charge is 0.481 e. The van der Waals surface area contributed by atoms with E-state index in [1.165, 1.54) is 0 Å². The smallest absolute Gasteiger partial charge is 0.303 e. The van der Waals surface area contributed by atoms with Crippen molar-refractivity contribution in [3.63, 3.8) is 0 Å². The van der Waals surface area contributed by atoms with Crippen LogP contribution in [0.15, 0.2) is 0 Å². The van der Waals surface area contributed by atoms with Crippen LogP contribution in [0.4, 0.5) is 0 Å². The van der Waals surface area contributed by atoms with Crippen molar-refractivity contribution in [1.29, 1.82) is 0 Å². The first kappa shape index (κ1) is 2.88. The zero-order chi connectivity index (χ0) is 58.6. The summed E-state index contributed by atoms with van der Waals surface area (Å²) in [6.45, 7) is -4.22. The first-order chi connectivity index (χ1) is 29.2. The third-order valence-corrected chi connectivity index (χ3v) is 1.36. The van der Waals surface area contributed by atoms with Gasteiger partial charge in [0.15, 0.2) is 0 Å². The summed E-state index contributed by atoms with van der Waals surface area (Å²) < 4.78 is 363. The van der Waals surface area contributed by atoms with Crippen LogP contribution in [0.3, 0.4) is 0 Å². The van der Waals surface area contributed by atoms with Crippen LogP contribution in [-0.2, 0) is 4.79 Å². The molecule has 2 nitrogen and oxygen atoms in total. The lowest BCUT2D eigenvalue weighted by molar-refractivity contribution is -0.137. The van der Waals surface area contributed by atoms with Gasteiger partial charge >= 0.3 is 5.97 Å². The number of hydrogen-bond acceptors (Lipinski definition) is 1. The van der Waals surface area contributed by atoms with Crippen molar-refractivity contribution in [2.75, 3.05) is 0 Å². The highest BCUT2D eigenvalue weighted by Gasteiger charge is 1.97. The van der Waals surface area contributed by atoms with Gasteiger partial charge in [0.05, 0.1) is 0 Å². The molecule has 0 unspecified atom stereocenters. The molecule has 0 amide bonds. The number of hydrogen-bond donors (Lipinski definition) is 1. The average Bonchev–Trinajstić information content (AvgIpc) is 3.12. The van der Waals surface area contributed by atoms with Crippen molar-refractivity contribution in [3.8, 4) is 0 Å². The fourth-order valence-electron chi connectivity index (χ4n) is 0.647. The average molecular weight is 400 g/mol. The van der Waals surface area contributed by atoms with Gasteiger partial charge in [-0.1, -0.05) is 128 Å². The molecule has 0 aromatic heterocycles. The van der Waals surface area contributed by atoms with Crippen LogP contribution in [0.1, 0.15) is 202 Å². The van der Waals surface area contributed by atoms with E-state index >= 15 is 0 Å². The molecule has 0 heterocycles. The van der Waals surface area contributed by atoms with Gasteiger partial charge < -0.3 is 5.11 Å². The van der Waals surface area contributed by atoms with Crippen molar-refractivity contribution in [2.45, 2.75) is 141 Å². The number of rotatable bonds is 21. The molecule has 0 aromatic carbocycles. The highest BCUT2D eigenvalue weighted by atomic mass is 16.4. The van der Waals surface area contributed by atoms with Crippen molar-refractivity contribution < 1.29 is 71.6 Å². The van der Waals surface area contributed by atoms with E-state index in [4.69, 9.17) is 66.8 Å². The van der Waals surface area contributed by atoms with E-state index in [1.54, 1.807) is 0 Å². The van der Waals surface area contributed by atoms with Crippen LogP contribution in [-0.4, -0.2) is 11.1 Å². The lowest BCUT2D eigenvalue weighted by Crippen LogP contribution is -1.93. The Labute approximate surface area is 221 Å². The maximum atomic E-state index is 11.5. The molecule has 0 fully saturated rings. The van der Waals surface area contributed by atoms with Crippen LogP contribution < -0.4 is 0 Å². The van der Waals surface area contributed by atoms with Gasteiger partial charge in [-0.3, -0.25) is 4.79 Å². The summed E-state index contributed by atoms with van der Waals surface area (Å²) in [4.78, 5) is 11.5. The Hall–Kier alpha value is -0.530. The molecule has 25 heavy (non-hydrogen) atoms. The van der Waals surface area contributed by atoms with Crippen LogP contribution in [0.2, 0.25) is 0 Å². The topological polar surface area (TPSA) is 37.3 Å². The van der Waals surface area contributed by atoms with E-state index in [-0.39, 0.29) is 0 Å². The third kappa shape index (κ3) is 23.5. The van der Waals surface area contributed by atoms with Gasteiger partial charge in [-0.15, -0.1) is 0 Å². The number of carboxylic acids is 1. The Morgan fingerprint density at radius 3 is 1.16 bits per heavy atom. The summed E-state index contributed by atoms with van der Waals surface area (Å²) in [6.07, 6.45) is -109.